The summed E-state index contributed by atoms with van der Waals surface area (Å²) in [5.74, 6) is 0.522. The van der Waals surface area contributed by atoms with Crippen LogP contribution in [0.25, 0.3) is 33.7 Å². The van der Waals surface area contributed by atoms with Gasteiger partial charge in [-0.15, -0.1) is 39.7 Å². The van der Waals surface area contributed by atoms with Crippen molar-refractivity contribution in [2.24, 2.45) is 11.3 Å². The Kier molecular flexibility index (Phi) is 15.4. The summed E-state index contributed by atoms with van der Waals surface area (Å²) in [4.78, 5) is 0. The third-order valence-electron chi connectivity index (χ3n) is 8.03. The largest absolute Gasteiger partial charge is 1.00 e. The minimum Gasteiger partial charge on any atom is -1.00 e. The molecule has 0 aromatic heterocycles. The molecule has 266 valence electrons. The van der Waals surface area contributed by atoms with Gasteiger partial charge in [0.15, 0.2) is 0 Å². The average molecular weight is 817 g/mol. The summed E-state index contributed by atoms with van der Waals surface area (Å²) >= 11 is 0.898. The molecule has 51 heavy (non-hydrogen) atoms. The van der Waals surface area contributed by atoms with Gasteiger partial charge >= 0.3 is 137 Å². The maximum Gasteiger partial charge on any atom is -1.00 e. The van der Waals surface area contributed by atoms with Crippen LogP contribution in [0.2, 0.25) is 0 Å². The molecule has 0 saturated carbocycles. The first-order valence-electron chi connectivity index (χ1n) is 15.5. The molecule has 1 atom stereocenters. The molecule has 5 aromatic rings. The Morgan fingerprint density at radius 1 is 0.686 bits per heavy atom. The first-order chi connectivity index (χ1) is 22.9. The third kappa shape index (κ3) is 11.6. The van der Waals surface area contributed by atoms with E-state index in [9.17, 15) is 26.3 Å². The number of hydrogen-bond donors (Lipinski definition) is 0. The smallest absolute Gasteiger partial charge is 1.00 e. The van der Waals surface area contributed by atoms with Gasteiger partial charge in [0.25, 0.3) is 0 Å². The van der Waals surface area contributed by atoms with E-state index in [1.54, 1.807) is 0 Å². The van der Waals surface area contributed by atoms with Crippen molar-refractivity contribution in [1.29, 1.82) is 0 Å². The SMILES string of the molecule is C=Cc1ccc2[cH-]c3ccc(C=C)cc3c2c1.CC1[C-]=CC(C(C)(C)C)=C1.FC(F)(F)c1ccc([C](=[Zr+2])c2ccc(C(F)(F)F)cc2)cc1.[Cl-].[Cl-]. The monoisotopic (exact) mass is 814 g/mol. The van der Waals surface area contributed by atoms with Crippen molar-refractivity contribution in [3.8, 4) is 0 Å². The van der Waals surface area contributed by atoms with Crippen molar-refractivity contribution in [2.75, 3.05) is 0 Å². The van der Waals surface area contributed by atoms with Gasteiger partial charge in [-0.05, 0) is 11.1 Å². The van der Waals surface area contributed by atoms with Crippen molar-refractivity contribution in [3.63, 3.8) is 0 Å². The van der Waals surface area contributed by atoms with E-state index in [1.807, 2.05) is 12.2 Å². The summed E-state index contributed by atoms with van der Waals surface area (Å²) in [6.45, 7) is 16.5. The van der Waals surface area contributed by atoms with Gasteiger partial charge in [0.05, 0.1) is 0 Å². The Morgan fingerprint density at radius 3 is 1.35 bits per heavy atom. The molecule has 0 fully saturated rings. The summed E-state index contributed by atoms with van der Waals surface area (Å²) in [6, 6.07) is 24.3. The topological polar surface area (TPSA) is 0 Å². The van der Waals surface area contributed by atoms with Gasteiger partial charge in [-0.3, -0.25) is 6.08 Å². The molecule has 0 bridgehead atoms. The fourth-order valence-electron chi connectivity index (χ4n) is 5.16. The minimum atomic E-state index is -4.41. The maximum absolute atomic E-state index is 12.5. The second-order valence-corrected chi connectivity index (χ2v) is 14.0. The molecule has 0 amide bonds. The number of halogens is 8. The number of allylic oxidation sites excluding steroid dienone is 4. The first kappa shape index (κ1) is 43.8. The van der Waals surface area contributed by atoms with Crippen molar-refractivity contribution >= 4 is 36.9 Å². The Morgan fingerprint density at radius 2 is 1.08 bits per heavy atom. The molecule has 0 spiro atoms. The first-order valence-corrected chi connectivity index (χ1v) is 16.8. The average Bonchev–Trinajstić information content (AvgIpc) is 3.67. The van der Waals surface area contributed by atoms with Crippen molar-refractivity contribution < 1.29 is 75.4 Å². The second kappa shape index (κ2) is 17.9. The molecule has 9 heteroatoms. The van der Waals surface area contributed by atoms with Gasteiger partial charge in [0, 0.05) is 0 Å². The second-order valence-electron chi connectivity index (χ2n) is 12.7. The molecule has 1 aliphatic rings. The van der Waals surface area contributed by atoms with E-state index in [0.29, 0.717) is 25.7 Å². The van der Waals surface area contributed by atoms with E-state index in [0.717, 1.165) is 59.6 Å². The molecule has 5 aromatic carbocycles. The Labute approximate surface area is 323 Å². The zero-order valence-electron chi connectivity index (χ0n) is 28.5. The van der Waals surface area contributed by atoms with Crippen LogP contribution in [0.3, 0.4) is 0 Å². The molecule has 1 unspecified atom stereocenters. The van der Waals surface area contributed by atoms with Crippen LogP contribution in [-0.2, 0) is 36.6 Å². The molecule has 6 rings (SSSR count). The fourth-order valence-corrected chi connectivity index (χ4v) is 5.98. The predicted molar refractivity (Wildman–Crippen MR) is 188 cm³/mol. The standard InChI is InChI=1S/C17H13.C15H8F6.C10H15.2ClH.Zr/c1-3-12-5-7-14-11-15-8-6-13(4-2)10-17(15)16(14)9-12;16-14(17,18)12-5-1-10(2-6-12)9-11-3-7-13(8-4-11)15(19,20)21;1-8-5-6-9(7-8)10(2,3)4;;;/h3-11H,1-2H2;1-8H;6-8H,1-4H3;2*1H;/q-1;;-1;;;+2/p-2. The van der Waals surface area contributed by atoms with Gasteiger partial charge < -0.3 is 24.8 Å². The van der Waals surface area contributed by atoms with Gasteiger partial charge in [0.2, 0.25) is 0 Å². The molecular weight excluding hydrogens is 781 g/mol. The van der Waals surface area contributed by atoms with Gasteiger partial charge in [-0.1, -0.05) is 88.6 Å². The maximum atomic E-state index is 12.5. The number of hydrogen-bond acceptors (Lipinski definition) is 0. The van der Waals surface area contributed by atoms with Crippen molar-refractivity contribution in [1.82, 2.24) is 0 Å². The van der Waals surface area contributed by atoms with E-state index in [2.05, 4.69) is 102 Å². The molecule has 1 aliphatic carbocycles. The van der Waals surface area contributed by atoms with Gasteiger partial charge in [0.1, 0.15) is 0 Å². The molecular formula is C42H36Cl2F6Zr-2. The summed E-state index contributed by atoms with van der Waals surface area (Å²) in [6.07, 6.45) is 2.60. The minimum absolute atomic E-state index is 0. The van der Waals surface area contributed by atoms with Crippen LogP contribution in [0.4, 0.5) is 26.3 Å². The number of alkyl halides is 6. The Hall–Kier alpha value is -3.38. The molecule has 0 heterocycles. The number of benzene rings is 4. The normalized spacial score (nSPS) is 13.9. The zero-order valence-corrected chi connectivity index (χ0v) is 32.5. The summed E-state index contributed by atoms with van der Waals surface area (Å²) in [5.41, 5.74) is 3.65. The zero-order chi connectivity index (χ0) is 36.1. The van der Waals surface area contributed by atoms with E-state index in [4.69, 9.17) is 0 Å². The predicted octanol–water partition coefficient (Wildman–Crippen LogP) is 6.81. The summed E-state index contributed by atoms with van der Waals surface area (Å²) in [7, 11) is 0. The van der Waals surface area contributed by atoms with Crippen LogP contribution < -0.4 is 24.8 Å². The van der Waals surface area contributed by atoms with Crippen LogP contribution in [0.1, 0.15) is 61.1 Å². The summed E-state index contributed by atoms with van der Waals surface area (Å²) in [5, 5.41) is 5.15. The van der Waals surface area contributed by atoms with E-state index >= 15 is 0 Å². The third-order valence-corrected chi connectivity index (χ3v) is 9.45. The van der Waals surface area contributed by atoms with E-state index in [-0.39, 0.29) is 24.8 Å². The Bertz CT molecular complexity index is 1900. The number of fused-ring (bicyclic) bond motifs is 3. The van der Waals surface area contributed by atoms with Crippen molar-refractivity contribution in [2.45, 2.75) is 40.0 Å². The number of rotatable bonds is 4. The van der Waals surface area contributed by atoms with Crippen LogP contribution >= 0.6 is 0 Å². The molecule has 0 N–H and O–H groups in total. The van der Waals surface area contributed by atoms with E-state index < -0.39 is 23.5 Å². The van der Waals surface area contributed by atoms with E-state index in [1.165, 1.54) is 51.4 Å². The molecule has 0 nitrogen and oxygen atoms in total. The van der Waals surface area contributed by atoms with Gasteiger partial charge in [-0.2, -0.15) is 11.6 Å². The van der Waals surface area contributed by atoms with Crippen LogP contribution in [-0.4, -0.2) is 3.21 Å². The van der Waals surface area contributed by atoms with Crippen LogP contribution in [0.5, 0.6) is 0 Å². The molecule has 0 saturated heterocycles. The van der Waals surface area contributed by atoms with Crippen LogP contribution in [0, 0.1) is 17.4 Å². The van der Waals surface area contributed by atoms with Crippen molar-refractivity contribution in [3.05, 3.63) is 161 Å². The van der Waals surface area contributed by atoms with Gasteiger partial charge in [-0.25, -0.2) is 6.08 Å². The molecule has 0 radical (unpaired) electrons. The quantitative estimate of drug-likeness (QED) is 0.138. The fraction of sp³-hybridized carbons (Fsp3) is 0.190. The molecule has 0 aliphatic heterocycles. The van der Waals surface area contributed by atoms with Crippen LogP contribution in [0.15, 0.2) is 122 Å². The summed E-state index contributed by atoms with van der Waals surface area (Å²) < 4.78 is 75.6. The Balaban J connectivity index is 0.000000277.